The van der Waals surface area contributed by atoms with Crippen LogP contribution in [0.3, 0.4) is 0 Å². The maximum atomic E-state index is 12.3. The summed E-state index contributed by atoms with van der Waals surface area (Å²) in [7, 11) is 0. The van der Waals surface area contributed by atoms with E-state index in [9.17, 15) is 4.79 Å². The lowest BCUT2D eigenvalue weighted by Gasteiger charge is -2.36. The second-order valence-corrected chi connectivity index (χ2v) is 6.18. The van der Waals surface area contributed by atoms with Crippen LogP contribution in [0, 0.1) is 5.92 Å². The third-order valence-corrected chi connectivity index (χ3v) is 4.75. The Balaban J connectivity index is 1.40. The van der Waals surface area contributed by atoms with Crippen molar-refractivity contribution in [3.05, 3.63) is 0 Å². The summed E-state index contributed by atoms with van der Waals surface area (Å²) in [6, 6.07) is 0. The van der Waals surface area contributed by atoms with Crippen molar-refractivity contribution in [1.82, 2.24) is 9.80 Å². The molecule has 1 amide bonds. The Labute approximate surface area is 121 Å². The predicted octanol–water partition coefficient (Wildman–Crippen LogP) is 0.736. The molecule has 3 saturated heterocycles. The molecule has 0 aromatic carbocycles. The first-order valence-electron chi connectivity index (χ1n) is 8.03. The molecule has 3 aliphatic rings. The number of piperidine rings is 1. The van der Waals surface area contributed by atoms with E-state index in [-0.39, 0.29) is 12.0 Å². The van der Waals surface area contributed by atoms with Gasteiger partial charge in [0, 0.05) is 39.3 Å². The summed E-state index contributed by atoms with van der Waals surface area (Å²) < 4.78 is 10.9. The van der Waals surface area contributed by atoms with E-state index in [4.69, 9.17) is 9.47 Å². The lowest BCUT2D eigenvalue weighted by Crippen LogP contribution is -2.46. The van der Waals surface area contributed by atoms with Gasteiger partial charge in [-0.15, -0.1) is 0 Å². The second-order valence-electron chi connectivity index (χ2n) is 6.18. The van der Waals surface area contributed by atoms with Crippen LogP contribution in [0.4, 0.5) is 0 Å². The SMILES string of the molecule is O=C(C1CCCO1)N1CCC(CN2CCOCC2)CC1. The first kappa shape index (κ1) is 14.3. The number of carbonyl (C=O) groups excluding carboxylic acids is 1. The normalized spacial score (nSPS) is 29.8. The predicted molar refractivity (Wildman–Crippen MR) is 75.5 cm³/mol. The molecule has 0 spiro atoms. The number of hydrogen-bond acceptors (Lipinski definition) is 4. The van der Waals surface area contributed by atoms with E-state index in [0.717, 1.165) is 77.6 Å². The summed E-state index contributed by atoms with van der Waals surface area (Å²) >= 11 is 0. The summed E-state index contributed by atoms with van der Waals surface area (Å²) in [6.07, 6.45) is 4.06. The zero-order valence-corrected chi connectivity index (χ0v) is 12.3. The van der Waals surface area contributed by atoms with E-state index in [0.29, 0.717) is 0 Å². The van der Waals surface area contributed by atoms with E-state index in [2.05, 4.69) is 4.90 Å². The van der Waals surface area contributed by atoms with Gasteiger partial charge in [-0.3, -0.25) is 9.69 Å². The Bertz CT molecular complexity index is 317. The number of nitrogens with zero attached hydrogens (tertiary/aromatic N) is 2. The van der Waals surface area contributed by atoms with Crippen LogP contribution in [0.5, 0.6) is 0 Å². The monoisotopic (exact) mass is 282 g/mol. The van der Waals surface area contributed by atoms with Gasteiger partial charge in [-0.1, -0.05) is 0 Å². The van der Waals surface area contributed by atoms with Crippen LogP contribution in [-0.2, 0) is 14.3 Å². The van der Waals surface area contributed by atoms with Gasteiger partial charge < -0.3 is 14.4 Å². The number of hydrogen-bond donors (Lipinski definition) is 0. The fourth-order valence-corrected chi connectivity index (χ4v) is 3.46. The van der Waals surface area contributed by atoms with Crippen LogP contribution in [-0.4, -0.2) is 74.4 Å². The minimum atomic E-state index is -0.147. The zero-order valence-electron chi connectivity index (χ0n) is 12.3. The topological polar surface area (TPSA) is 42.0 Å². The molecule has 3 rings (SSSR count). The molecule has 3 aliphatic heterocycles. The van der Waals surface area contributed by atoms with E-state index >= 15 is 0 Å². The lowest BCUT2D eigenvalue weighted by atomic mass is 9.95. The molecule has 1 unspecified atom stereocenters. The molecule has 5 nitrogen and oxygen atoms in total. The zero-order chi connectivity index (χ0) is 13.8. The van der Waals surface area contributed by atoms with Crippen LogP contribution in [0.15, 0.2) is 0 Å². The number of likely N-dealkylation sites (tertiary alicyclic amines) is 1. The van der Waals surface area contributed by atoms with Crippen LogP contribution >= 0.6 is 0 Å². The molecule has 1 atom stereocenters. The van der Waals surface area contributed by atoms with Crippen molar-refractivity contribution >= 4 is 5.91 Å². The van der Waals surface area contributed by atoms with Crippen LogP contribution in [0.2, 0.25) is 0 Å². The number of rotatable bonds is 3. The first-order valence-corrected chi connectivity index (χ1v) is 8.03. The van der Waals surface area contributed by atoms with E-state index in [1.807, 2.05) is 4.90 Å². The highest BCUT2D eigenvalue weighted by molar-refractivity contribution is 5.81. The largest absolute Gasteiger partial charge is 0.379 e. The third kappa shape index (κ3) is 3.51. The van der Waals surface area contributed by atoms with Gasteiger partial charge in [0.25, 0.3) is 5.91 Å². The highest BCUT2D eigenvalue weighted by Crippen LogP contribution is 2.22. The van der Waals surface area contributed by atoms with Gasteiger partial charge in [-0.05, 0) is 31.6 Å². The Morgan fingerprint density at radius 1 is 1.00 bits per heavy atom. The summed E-state index contributed by atoms with van der Waals surface area (Å²) in [5, 5.41) is 0. The standard InChI is InChI=1S/C15H26N2O3/c18-15(14-2-1-9-20-14)17-5-3-13(4-6-17)12-16-7-10-19-11-8-16/h13-14H,1-12H2. The molecule has 0 radical (unpaired) electrons. The molecule has 0 aromatic rings. The minimum Gasteiger partial charge on any atom is -0.379 e. The van der Waals surface area contributed by atoms with Gasteiger partial charge in [0.2, 0.25) is 0 Å². The Morgan fingerprint density at radius 2 is 1.75 bits per heavy atom. The molecule has 3 fully saturated rings. The fourth-order valence-electron chi connectivity index (χ4n) is 3.46. The van der Waals surface area contributed by atoms with Crippen molar-refractivity contribution < 1.29 is 14.3 Å². The highest BCUT2D eigenvalue weighted by Gasteiger charge is 2.31. The molecule has 0 aliphatic carbocycles. The average molecular weight is 282 g/mol. The molecule has 0 bridgehead atoms. The smallest absolute Gasteiger partial charge is 0.251 e. The minimum absolute atomic E-state index is 0.147. The van der Waals surface area contributed by atoms with Crippen LogP contribution < -0.4 is 0 Å². The van der Waals surface area contributed by atoms with Crippen molar-refractivity contribution in [3.63, 3.8) is 0 Å². The van der Waals surface area contributed by atoms with Gasteiger partial charge in [0.05, 0.1) is 13.2 Å². The van der Waals surface area contributed by atoms with Crippen molar-refractivity contribution in [2.24, 2.45) is 5.92 Å². The number of amides is 1. The third-order valence-electron chi connectivity index (χ3n) is 4.75. The van der Waals surface area contributed by atoms with E-state index in [1.54, 1.807) is 0 Å². The Hall–Kier alpha value is -0.650. The molecule has 0 saturated carbocycles. The van der Waals surface area contributed by atoms with Crippen molar-refractivity contribution in [2.75, 3.05) is 52.5 Å². The van der Waals surface area contributed by atoms with Crippen molar-refractivity contribution in [2.45, 2.75) is 31.8 Å². The van der Waals surface area contributed by atoms with Gasteiger partial charge in [-0.25, -0.2) is 0 Å². The summed E-state index contributed by atoms with van der Waals surface area (Å²) in [5.41, 5.74) is 0. The van der Waals surface area contributed by atoms with E-state index in [1.165, 1.54) is 6.54 Å². The van der Waals surface area contributed by atoms with E-state index < -0.39 is 0 Å². The molecule has 114 valence electrons. The average Bonchev–Trinajstić information content (AvgIpc) is 3.03. The summed E-state index contributed by atoms with van der Waals surface area (Å²) in [5.74, 6) is 0.967. The van der Waals surface area contributed by atoms with Crippen molar-refractivity contribution in [1.29, 1.82) is 0 Å². The molecular formula is C15H26N2O3. The molecule has 20 heavy (non-hydrogen) atoms. The Kier molecular flexibility index (Phi) is 4.91. The molecule has 0 N–H and O–H groups in total. The first-order chi connectivity index (χ1) is 9.83. The van der Waals surface area contributed by atoms with Crippen molar-refractivity contribution in [3.8, 4) is 0 Å². The molecule has 3 heterocycles. The number of carbonyl (C=O) groups is 1. The van der Waals surface area contributed by atoms with Gasteiger partial charge in [0.1, 0.15) is 6.10 Å². The summed E-state index contributed by atoms with van der Waals surface area (Å²) in [4.78, 5) is 16.8. The number of ether oxygens (including phenoxy) is 2. The quantitative estimate of drug-likeness (QED) is 0.765. The van der Waals surface area contributed by atoms with Crippen LogP contribution in [0.25, 0.3) is 0 Å². The van der Waals surface area contributed by atoms with Crippen LogP contribution in [0.1, 0.15) is 25.7 Å². The molecule has 0 aromatic heterocycles. The maximum Gasteiger partial charge on any atom is 0.251 e. The number of morpholine rings is 1. The summed E-state index contributed by atoms with van der Waals surface area (Å²) in [6.45, 7) is 7.62. The second kappa shape index (κ2) is 6.87. The lowest BCUT2D eigenvalue weighted by molar-refractivity contribution is -0.142. The highest BCUT2D eigenvalue weighted by atomic mass is 16.5. The van der Waals surface area contributed by atoms with Gasteiger partial charge in [0.15, 0.2) is 0 Å². The molecular weight excluding hydrogens is 256 g/mol. The van der Waals surface area contributed by atoms with Gasteiger partial charge in [-0.2, -0.15) is 0 Å². The Morgan fingerprint density at radius 3 is 2.40 bits per heavy atom. The molecule has 5 heteroatoms. The maximum absolute atomic E-state index is 12.3. The van der Waals surface area contributed by atoms with Gasteiger partial charge >= 0.3 is 0 Å². The fraction of sp³-hybridized carbons (Fsp3) is 0.933.